The molecule has 1 aromatic carbocycles. The van der Waals surface area contributed by atoms with Gasteiger partial charge in [-0.15, -0.1) is 12.4 Å². The summed E-state index contributed by atoms with van der Waals surface area (Å²) >= 11 is 9.16. The fraction of sp³-hybridized carbons (Fsp3) is 0.364. The number of hydrogen-bond donors (Lipinski definition) is 2. The Labute approximate surface area is 121 Å². The first-order valence-electron chi connectivity index (χ1n) is 4.95. The van der Waals surface area contributed by atoms with Gasteiger partial charge < -0.3 is 10.6 Å². The molecule has 1 atom stereocenters. The second kappa shape index (κ2) is 7.93. The largest absolute Gasteiger partial charge is 0.350 e. The van der Waals surface area contributed by atoms with Crippen LogP contribution in [0, 0.1) is 0 Å². The van der Waals surface area contributed by atoms with Crippen LogP contribution in [0.25, 0.3) is 0 Å². The van der Waals surface area contributed by atoms with Gasteiger partial charge in [0.1, 0.15) is 0 Å². The summed E-state index contributed by atoms with van der Waals surface area (Å²) in [6.07, 6.45) is 0. The molecule has 0 aliphatic heterocycles. The highest BCUT2D eigenvalue weighted by Gasteiger charge is 2.10. The van der Waals surface area contributed by atoms with Gasteiger partial charge in [-0.25, -0.2) is 0 Å². The lowest BCUT2D eigenvalue weighted by Crippen LogP contribution is -2.37. The summed E-state index contributed by atoms with van der Waals surface area (Å²) in [5.41, 5.74) is 0.552. The zero-order chi connectivity index (χ0) is 12.1. The van der Waals surface area contributed by atoms with E-state index in [9.17, 15) is 4.79 Å². The Morgan fingerprint density at radius 1 is 1.53 bits per heavy atom. The SMILES string of the molecule is CNC(C)CNC(=O)c1cc(Cl)ccc1Br.Cl. The molecule has 3 nitrogen and oxygen atoms in total. The molecule has 6 heteroatoms. The van der Waals surface area contributed by atoms with Crippen molar-refractivity contribution in [1.82, 2.24) is 10.6 Å². The van der Waals surface area contributed by atoms with Crippen LogP contribution in [0.15, 0.2) is 22.7 Å². The van der Waals surface area contributed by atoms with Gasteiger partial charge in [-0.05, 0) is 48.1 Å². The van der Waals surface area contributed by atoms with Crippen LogP contribution in [0.5, 0.6) is 0 Å². The Morgan fingerprint density at radius 3 is 2.76 bits per heavy atom. The van der Waals surface area contributed by atoms with E-state index in [0.717, 1.165) is 4.47 Å². The average molecular weight is 342 g/mol. The maximum Gasteiger partial charge on any atom is 0.252 e. The van der Waals surface area contributed by atoms with E-state index in [-0.39, 0.29) is 24.4 Å². The molecule has 0 heterocycles. The predicted octanol–water partition coefficient (Wildman–Crippen LogP) is 2.86. The molecule has 1 aromatic rings. The Bertz CT molecular complexity index is 388. The lowest BCUT2D eigenvalue weighted by molar-refractivity contribution is 0.0950. The maximum atomic E-state index is 11.8. The van der Waals surface area contributed by atoms with E-state index in [4.69, 9.17) is 11.6 Å². The van der Waals surface area contributed by atoms with Crippen molar-refractivity contribution in [2.24, 2.45) is 0 Å². The van der Waals surface area contributed by atoms with Crippen molar-refractivity contribution < 1.29 is 4.79 Å². The lowest BCUT2D eigenvalue weighted by Gasteiger charge is -2.12. The molecule has 1 amide bonds. The van der Waals surface area contributed by atoms with Crippen molar-refractivity contribution in [2.45, 2.75) is 13.0 Å². The van der Waals surface area contributed by atoms with Crippen molar-refractivity contribution >= 4 is 45.8 Å². The number of nitrogens with one attached hydrogen (secondary N) is 2. The summed E-state index contributed by atoms with van der Waals surface area (Å²) in [5, 5.41) is 6.42. The van der Waals surface area contributed by atoms with E-state index in [1.165, 1.54) is 0 Å². The number of hydrogen-bond acceptors (Lipinski definition) is 2. The molecule has 17 heavy (non-hydrogen) atoms. The fourth-order valence-corrected chi connectivity index (χ4v) is 1.71. The molecule has 0 radical (unpaired) electrons. The summed E-state index contributed by atoms with van der Waals surface area (Å²) in [4.78, 5) is 11.8. The van der Waals surface area contributed by atoms with Gasteiger partial charge in [0, 0.05) is 22.1 Å². The van der Waals surface area contributed by atoms with E-state index in [1.54, 1.807) is 18.2 Å². The Balaban J connectivity index is 0.00000256. The molecule has 1 rings (SSSR count). The average Bonchev–Trinajstić information content (AvgIpc) is 2.28. The first kappa shape index (κ1) is 16.7. The molecule has 0 saturated carbocycles. The zero-order valence-electron chi connectivity index (χ0n) is 9.59. The Hall–Kier alpha value is -0.290. The van der Waals surface area contributed by atoms with Crippen LogP contribution in [0.3, 0.4) is 0 Å². The molecule has 1 unspecified atom stereocenters. The highest BCUT2D eigenvalue weighted by Crippen LogP contribution is 2.20. The van der Waals surface area contributed by atoms with Crippen LogP contribution >= 0.6 is 39.9 Å². The van der Waals surface area contributed by atoms with Crippen LogP contribution in [-0.2, 0) is 0 Å². The zero-order valence-corrected chi connectivity index (χ0v) is 12.7. The third-order valence-corrected chi connectivity index (χ3v) is 3.16. The Kier molecular flexibility index (Phi) is 7.79. The first-order chi connectivity index (χ1) is 7.54. The summed E-state index contributed by atoms with van der Waals surface area (Å²) in [5.74, 6) is -0.128. The Morgan fingerprint density at radius 2 is 2.18 bits per heavy atom. The first-order valence-corrected chi connectivity index (χ1v) is 6.12. The third-order valence-electron chi connectivity index (χ3n) is 2.23. The quantitative estimate of drug-likeness (QED) is 0.884. The number of amides is 1. The van der Waals surface area contributed by atoms with E-state index in [1.807, 2.05) is 14.0 Å². The number of carbonyl (C=O) groups is 1. The van der Waals surface area contributed by atoms with Gasteiger partial charge in [0.15, 0.2) is 0 Å². The molecular formula is C11H15BrCl2N2O. The summed E-state index contributed by atoms with van der Waals surface area (Å²) in [6, 6.07) is 5.38. The third kappa shape index (κ3) is 5.25. The van der Waals surface area contributed by atoms with E-state index in [0.29, 0.717) is 17.1 Å². The molecular weight excluding hydrogens is 327 g/mol. The standard InChI is InChI=1S/C11H14BrClN2O.ClH/c1-7(14-2)6-15-11(16)9-5-8(13)3-4-10(9)12;/h3-5,7,14H,6H2,1-2H3,(H,15,16);1H. The van der Waals surface area contributed by atoms with Gasteiger partial charge in [-0.1, -0.05) is 11.6 Å². The second-order valence-corrected chi connectivity index (χ2v) is 4.81. The van der Waals surface area contributed by atoms with Gasteiger partial charge in [0.05, 0.1) is 5.56 Å². The topological polar surface area (TPSA) is 41.1 Å². The normalized spacial score (nSPS) is 11.5. The molecule has 96 valence electrons. The fourth-order valence-electron chi connectivity index (χ4n) is 1.11. The van der Waals surface area contributed by atoms with Gasteiger partial charge in [0.25, 0.3) is 5.91 Å². The van der Waals surface area contributed by atoms with Crippen molar-refractivity contribution in [1.29, 1.82) is 0 Å². The van der Waals surface area contributed by atoms with Crippen LogP contribution in [0.2, 0.25) is 5.02 Å². The minimum absolute atomic E-state index is 0. The van der Waals surface area contributed by atoms with E-state index in [2.05, 4.69) is 26.6 Å². The van der Waals surface area contributed by atoms with Crippen molar-refractivity contribution in [2.75, 3.05) is 13.6 Å². The minimum Gasteiger partial charge on any atom is -0.350 e. The molecule has 0 aromatic heterocycles. The van der Waals surface area contributed by atoms with Crippen LogP contribution in [0.4, 0.5) is 0 Å². The molecule has 0 bridgehead atoms. The number of rotatable bonds is 4. The highest BCUT2D eigenvalue weighted by molar-refractivity contribution is 9.10. The monoisotopic (exact) mass is 340 g/mol. The number of likely N-dealkylation sites (N-methyl/N-ethyl adjacent to an activating group) is 1. The molecule has 0 spiro atoms. The molecule has 2 N–H and O–H groups in total. The smallest absolute Gasteiger partial charge is 0.252 e. The maximum absolute atomic E-state index is 11.8. The van der Waals surface area contributed by atoms with Gasteiger partial charge in [-0.2, -0.15) is 0 Å². The number of carbonyl (C=O) groups excluding carboxylic acids is 1. The highest BCUT2D eigenvalue weighted by atomic mass is 79.9. The van der Waals surface area contributed by atoms with E-state index >= 15 is 0 Å². The van der Waals surface area contributed by atoms with Crippen molar-refractivity contribution in [3.8, 4) is 0 Å². The van der Waals surface area contributed by atoms with Crippen LogP contribution in [0.1, 0.15) is 17.3 Å². The predicted molar refractivity (Wildman–Crippen MR) is 77.3 cm³/mol. The molecule has 0 saturated heterocycles. The van der Waals surface area contributed by atoms with Crippen LogP contribution < -0.4 is 10.6 Å². The second-order valence-electron chi connectivity index (χ2n) is 3.52. The van der Waals surface area contributed by atoms with Crippen molar-refractivity contribution in [3.05, 3.63) is 33.3 Å². The van der Waals surface area contributed by atoms with Crippen molar-refractivity contribution in [3.63, 3.8) is 0 Å². The summed E-state index contributed by atoms with van der Waals surface area (Å²) < 4.78 is 0.742. The molecule has 0 aliphatic rings. The number of halogens is 3. The molecule has 0 fully saturated rings. The van der Waals surface area contributed by atoms with E-state index < -0.39 is 0 Å². The lowest BCUT2D eigenvalue weighted by atomic mass is 10.2. The van der Waals surface area contributed by atoms with Crippen LogP contribution in [-0.4, -0.2) is 25.5 Å². The minimum atomic E-state index is -0.128. The summed E-state index contributed by atoms with van der Waals surface area (Å²) in [7, 11) is 1.85. The number of benzene rings is 1. The van der Waals surface area contributed by atoms with Gasteiger partial charge >= 0.3 is 0 Å². The van der Waals surface area contributed by atoms with Gasteiger partial charge in [-0.3, -0.25) is 4.79 Å². The molecule has 0 aliphatic carbocycles. The summed E-state index contributed by atoms with van der Waals surface area (Å²) in [6.45, 7) is 2.57. The van der Waals surface area contributed by atoms with Gasteiger partial charge in [0.2, 0.25) is 0 Å².